The quantitative estimate of drug-likeness (QED) is 0.885. The molecule has 0 bridgehead atoms. The number of benzene rings is 2. The van der Waals surface area contributed by atoms with Crippen LogP contribution in [0.15, 0.2) is 48.5 Å². The molecular formula is C19H19N3O2. The summed E-state index contributed by atoms with van der Waals surface area (Å²) >= 11 is 0. The maximum atomic E-state index is 11.2. The van der Waals surface area contributed by atoms with Crippen molar-refractivity contribution in [1.29, 1.82) is 5.26 Å². The minimum absolute atomic E-state index is 0.162. The van der Waals surface area contributed by atoms with E-state index >= 15 is 0 Å². The highest BCUT2D eigenvalue weighted by atomic mass is 16.5. The van der Waals surface area contributed by atoms with Crippen LogP contribution in [-0.2, 0) is 11.4 Å². The van der Waals surface area contributed by atoms with Gasteiger partial charge in [-0.2, -0.15) is 5.26 Å². The molecule has 0 unspecified atom stereocenters. The zero-order chi connectivity index (χ0) is 16.9. The summed E-state index contributed by atoms with van der Waals surface area (Å²) in [5.74, 6) is 0.493. The van der Waals surface area contributed by atoms with Crippen molar-refractivity contribution < 1.29 is 9.53 Å². The number of nitriles is 1. The number of ether oxygens (including phenoxy) is 1. The van der Waals surface area contributed by atoms with Gasteiger partial charge >= 0.3 is 0 Å². The van der Waals surface area contributed by atoms with Gasteiger partial charge in [0.15, 0.2) is 0 Å². The van der Waals surface area contributed by atoms with E-state index in [1.807, 2.05) is 36.4 Å². The van der Waals surface area contributed by atoms with Crippen LogP contribution in [0.2, 0.25) is 0 Å². The lowest BCUT2D eigenvalue weighted by Gasteiger charge is -2.13. The normalized spacial score (nSPS) is 19.6. The lowest BCUT2D eigenvalue weighted by molar-refractivity contribution is -0.119. The second-order valence-corrected chi connectivity index (χ2v) is 5.92. The first kappa shape index (κ1) is 16.0. The Hall–Kier alpha value is -2.84. The van der Waals surface area contributed by atoms with Gasteiger partial charge in [0.2, 0.25) is 5.91 Å². The molecule has 5 heteroatoms. The van der Waals surface area contributed by atoms with Crippen LogP contribution in [0.3, 0.4) is 0 Å². The number of rotatable bonds is 5. The molecule has 24 heavy (non-hydrogen) atoms. The van der Waals surface area contributed by atoms with Crippen LogP contribution in [0, 0.1) is 11.3 Å². The lowest BCUT2D eigenvalue weighted by atomic mass is 10.1. The Balaban J connectivity index is 1.56. The second kappa shape index (κ2) is 7.16. The van der Waals surface area contributed by atoms with Crippen molar-refractivity contribution in [3.05, 3.63) is 65.2 Å². The van der Waals surface area contributed by atoms with Crippen LogP contribution in [0.5, 0.6) is 5.75 Å². The molecular weight excluding hydrogens is 302 g/mol. The van der Waals surface area contributed by atoms with E-state index in [0.717, 1.165) is 29.7 Å². The number of amides is 1. The Labute approximate surface area is 141 Å². The van der Waals surface area contributed by atoms with Crippen LogP contribution >= 0.6 is 0 Å². The van der Waals surface area contributed by atoms with Gasteiger partial charge in [0.05, 0.1) is 17.7 Å². The second-order valence-electron chi connectivity index (χ2n) is 5.92. The summed E-state index contributed by atoms with van der Waals surface area (Å²) in [7, 11) is 0. The van der Waals surface area contributed by atoms with Gasteiger partial charge in [-0.3, -0.25) is 10.1 Å². The lowest BCUT2D eigenvalue weighted by Crippen LogP contribution is -2.37. The van der Waals surface area contributed by atoms with E-state index in [4.69, 9.17) is 15.7 Å². The van der Waals surface area contributed by atoms with Crippen LogP contribution in [0.25, 0.3) is 0 Å². The molecule has 1 fully saturated rings. The number of primary amides is 1. The van der Waals surface area contributed by atoms with Gasteiger partial charge in [-0.15, -0.1) is 0 Å². The van der Waals surface area contributed by atoms with Gasteiger partial charge in [-0.25, -0.2) is 0 Å². The predicted molar refractivity (Wildman–Crippen MR) is 90.0 cm³/mol. The Morgan fingerprint density at radius 1 is 1.17 bits per heavy atom. The molecule has 3 rings (SSSR count). The molecule has 1 saturated heterocycles. The number of carbonyl (C=O) groups excluding carboxylic acids is 1. The van der Waals surface area contributed by atoms with Gasteiger partial charge in [0, 0.05) is 6.04 Å². The zero-order valence-corrected chi connectivity index (χ0v) is 13.2. The summed E-state index contributed by atoms with van der Waals surface area (Å²) < 4.78 is 5.77. The van der Waals surface area contributed by atoms with Gasteiger partial charge in [0.25, 0.3) is 0 Å². The summed E-state index contributed by atoms with van der Waals surface area (Å²) in [6.07, 6.45) is 1.68. The number of nitrogens with zero attached hydrogens (tertiary/aromatic N) is 1. The van der Waals surface area contributed by atoms with Gasteiger partial charge in [-0.1, -0.05) is 24.3 Å². The third-order valence-electron chi connectivity index (χ3n) is 4.26. The van der Waals surface area contributed by atoms with Gasteiger partial charge in [-0.05, 0) is 48.2 Å². The van der Waals surface area contributed by atoms with E-state index in [2.05, 4.69) is 11.4 Å². The molecule has 2 aromatic carbocycles. The molecule has 0 aliphatic carbocycles. The molecule has 0 saturated carbocycles. The molecule has 2 aromatic rings. The standard InChI is InChI=1S/C19H19N3O2/c20-11-13-1-3-14(4-2-13)12-24-16-7-5-15(6-8-16)17-9-10-18(22-17)19(21)23/h1-8,17-18,22H,9-10,12H2,(H2,21,23)/t17-,18+/m1/s1. The fraction of sp³-hybridized carbons (Fsp3) is 0.263. The van der Waals surface area contributed by atoms with Crippen molar-refractivity contribution in [1.82, 2.24) is 5.32 Å². The Kier molecular flexibility index (Phi) is 4.78. The number of nitrogens with one attached hydrogen (secondary N) is 1. The maximum absolute atomic E-state index is 11.2. The van der Waals surface area contributed by atoms with E-state index in [0.29, 0.717) is 12.2 Å². The van der Waals surface area contributed by atoms with Crippen molar-refractivity contribution >= 4 is 5.91 Å². The minimum Gasteiger partial charge on any atom is -0.489 e. The van der Waals surface area contributed by atoms with Crippen molar-refractivity contribution in [3.8, 4) is 11.8 Å². The molecule has 1 aliphatic heterocycles. The van der Waals surface area contributed by atoms with E-state index in [-0.39, 0.29) is 18.0 Å². The van der Waals surface area contributed by atoms with Crippen molar-refractivity contribution in [2.75, 3.05) is 0 Å². The monoisotopic (exact) mass is 321 g/mol. The van der Waals surface area contributed by atoms with E-state index < -0.39 is 0 Å². The first-order valence-corrected chi connectivity index (χ1v) is 7.93. The van der Waals surface area contributed by atoms with E-state index in [1.54, 1.807) is 12.1 Å². The summed E-state index contributed by atoms with van der Waals surface area (Å²) in [5, 5.41) is 12.0. The zero-order valence-electron chi connectivity index (χ0n) is 13.2. The van der Waals surface area contributed by atoms with Crippen LogP contribution in [-0.4, -0.2) is 11.9 Å². The Bertz CT molecular complexity index is 748. The van der Waals surface area contributed by atoms with Crippen molar-refractivity contribution in [2.45, 2.75) is 31.5 Å². The molecule has 3 N–H and O–H groups in total. The molecule has 2 atom stereocenters. The molecule has 0 spiro atoms. The smallest absolute Gasteiger partial charge is 0.234 e. The Morgan fingerprint density at radius 3 is 2.46 bits per heavy atom. The summed E-state index contributed by atoms with van der Waals surface area (Å²) in [5.41, 5.74) is 8.12. The molecule has 122 valence electrons. The predicted octanol–water partition coefficient (Wildman–Crippen LogP) is 2.42. The van der Waals surface area contributed by atoms with E-state index in [1.165, 1.54) is 0 Å². The third-order valence-corrected chi connectivity index (χ3v) is 4.26. The maximum Gasteiger partial charge on any atom is 0.234 e. The van der Waals surface area contributed by atoms with E-state index in [9.17, 15) is 4.79 Å². The number of hydrogen-bond donors (Lipinski definition) is 2. The van der Waals surface area contributed by atoms with Crippen LogP contribution in [0.1, 0.15) is 35.6 Å². The highest BCUT2D eigenvalue weighted by Gasteiger charge is 2.28. The largest absolute Gasteiger partial charge is 0.489 e. The highest BCUT2D eigenvalue weighted by molar-refractivity contribution is 5.80. The van der Waals surface area contributed by atoms with Crippen LogP contribution < -0.4 is 15.8 Å². The fourth-order valence-electron chi connectivity index (χ4n) is 2.87. The highest BCUT2D eigenvalue weighted by Crippen LogP contribution is 2.27. The number of hydrogen-bond acceptors (Lipinski definition) is 4. The molecule has 1 amide bonds. The Morgan fingerprint density at radius 2 is 1.88 bits per heavy atom. The SMILES string of the molecule is N#Cc1ccc(COc2ccc([C@H]3CC[C@@H](C(N)=O)N3)cc2)cc1. The minimum atomic E-state index is -0.292. The number of nitrogens with two attached hydrogens (primary N) is 1. The van der Waals surface area contributed by atoms with Gasteiger partial charge < -0.3 is 10.5 Å². The first-order chi connectivity index (χ1) is 11.7. The van der Waals surface area contributed by atoms with Crippen molar-refractivity contribution in [2.24, 2.45) is 5.73 Å². The first-order valence-electron chi connectivity index (χ1n) is 7.93. The average Bonchev–Trinajstić information content (AvgIpc) is 3.11. The summed E-state index contributed by atoms with van der Waals surface area (Å²) in [6.45, 7) is 0.455. The van der Waals surface area contributed by atoms with Crippen LogP contribution in [0.4, 0.5) is 0 Å². The third kappa shape index (κ3) is 3.73. The average molecular weight is 321 g/mol. The van der Waals surface area contributed by atoms with Gasteiger partial charge in [0.1, 0.15) is 12.4 Å². The molecule has 5 nitrogen and oxygen atoms in total. The molecule has 0 aromatic heterocycles. The van der Waals surface area contributed by atoms with Crippen molar-refractivity contribution in [3.63, 3.8) is 0 Å². The molecule has 0 radical (unpaired) electrons. The topological polar surface area (TPSA) is 88.1 Å². The summed E-state index contributed by atoms with van der Waals surface area (Å²) in [6, 6.07) is 17.2. The number of carbonyl (C=O) groups is 1. The molecule has 1 aliphatic rings. The molecule has 1 heterocycles. The fourth-order valence-corrected chi connectivity index (χ4v) is 2.87. The summed E-state index contributed by atoms with van der Waals surface area (Å²) in [4.78, 5) is 11.2.